The van der Waals surface area contributed by atoms with E-state index in [1.807, 2.05) is 18.0 Å². The molecule has 0 aromatic heterocycles. The molecule has 1 aliphatic heterocycles. The van der Waals surface area contributed by atoms with Gasteiger partial charge in [-0.1, -0.05) is 73.5 Å². The second-order valence-electron chi connectivity index (χ2n) is 7.92. The Morgan fingerprint density at radius 3 is 2.48 bits per heavy atom. The van der Waals surface area contributed by atoms with Crippen LogP contribution >= 0.6 is 0 Å². The van der Waals surface area contributed by atoms with Gasteiger partial charge in [-0.2, -0.15) is 0 Å². The topological polar surface area (TPSA) is 23.6 Å². The molecule has 1 amide bonds. The van der Waals surface area contributed by atoms with E-state index in [-0.39, 0.29) is 11.9 Å². The van der Waals surface area contributed by atoms with Crippen molar-refractivity contribution in [3.63, 3.8) is 0 Å². The quantitative estimate of drug-likeness (QED) is 0.724. The van der Waals surface area contributed by atoms with Crippen molar-refractivity contribution in [1.29, 1.82) is 0 Å². The molecule has 1 heterocycles. The first kappa shape index (κ1) is 19.6. The van der Waals surface area contributed by atoms with Crippen LogP contribution in [0.1, 0.15) is 42.5 Å². The zero-order valence-electron chi connectivity index (χ0n) is 16.9. The lowest BCUT2D eigenvalue weighted by atomic mass is 10.0. The molecule has 0 aliphatic carbocycles. The number of likely N-dealkylation sites (tertiary alicyclic amines) is 1. The van der Waals surface area contributed by atoms with Crippen molar-refractivity contribution in [2.75, 3.05) is 26.7 Å². The Bertz CT molecular complexity index is 726. The zero-order valence-corrected chi connectivity index (χ0v) is 16.9. The summed E-state index contributed by atoms with van der Waals surface area (Å²) >= 11 is 0. The van der Waals surface area contributed by atoms with Gasteiger partial charge in [0.05, 0.1) is 12.5 Å². The van der Waals surface area contributed by atoms with Gasteiger partial charge in [-0.25, -0.2) is 0 Å². The van der Waals surface area contributed by atoms with E-state index in [1.165, 1.54) is 24.0 Å². The van der Waals surface area contributed by atoms with Crippen LogP contribution in [0.4, 0.5) is 0 Å². The molecule has 0 saturated carbocycles. The summed E-state index contributed by atoms with van der Waals surface area (Å²) in [6.07, 6.45) is 2.98. The van der Waals surface area contributed by atoms with Crippen LogP contribution in [0.3, 0.4) is 0 Å². The number of rotatable bonds is 7. The molecule has 1 aliphatic rings. The third-order valence-corrected chi connectivity index (χ3v) is 5.90. The molecule has 3 rings (SSSR count). The number of hydrogen-bond donors (Lipinski definition) is 0. The molecule has 0 spiro atoms. The van der Waals surface area contributed by atoms with Crippen molar-refractivity contribution in [3.8, 4) is 0 Å². The molecule has 3 heteroatoms. The normalized spacial score (nSPS) is 18.4. The van der Waals surface area contributed by atoms with Crippen LogP contribution in [0.5, 0.6) is 0 Å². The standard InChI is InChI=1S/C24H32N2O/c1-4-20-14-15-26(17-20)18-23(22-8-6-5-7-9-22)25(3)24(27)16-21-12-10-19(2)11-13-21/h5-13,20,23H,4,14-18H2,1-3H3/t20-,23+/m0/s1. The molecular weight excluding hydrogens is 332 g/mol. The summed E-state index contributed by atoms with van der Waals surface area (Å²) < 4.78 is 0. The van der Waals surface area contributed by atoms with Gasteiger partial charge in [0.15, 0.2) is 0 Å². The molecule has 0 radical (unpaired) electrons. The Labute approximate surface area is 164 Å². The molecule has 1 fully saturated rings. The number of benzene rings is 2. The largest absolute Gasteiger partial charge is 0.337 e. The van der Waals surface area contributed by atoms with Gasteiger partial charge in [0.25, 0.3) is 0 Å². The lowest BCUT2D eigenvalue weighted by Gasteiger charge is -2.32. The van der Waals surface area contributed by atoms with Crippen LogP contribution in [-0.2, 0) is 11.2 Å². The molecule has 144 valence electrons. The van der Waals surface area contributed by atoms with E-state index in [4.69, 9.17) is 0 Å². The van der Waals surface area contributed by atoms with E-state index < -0.39 is 0 Å². The molecule has 27 heavy (non-hydrogen) atoms. The van der Waals surface area contributed by atoms with Crippen LogP contribution in [0.2, 0.25) is 0 Å². The maximum atomic E-state index is 13.0. The summed E-state index contributed by atoms with van der Waals surface area (Å²) in [6.45, 7) is 7.56. The van der Waals surface area contributed by atoms with Gasteiger partial charge in [0.2, 0.25) is 5.91 Å². The molecule has 0 unspecified atom stereocenters. The first-order valence-corrected chi connectivity index (χ1v) is 10.1. The fourth-order valence-electron chi connectivity index (χ4n) is 3.96. The lowest BCUT2D eigenvalue weighted by Crippen LogP contribution is -2.39. The highest BCUT2D eigenvalue weighted by Gasteiger charge is 2.28. The Morgan fingerprint density at radius 1 is 1.15 bits per heavy atom. The third kappa shape index (κ3) is 5.20. The molecular formula is C24H32N2O. The monoisotopic (exact) mass is 364 g/mol. The number of carbonyl (C=O) groups is 1. The lowest BCUT2D eigenvalue weighted by molar-refractivity contribution is -0.131. The highest BCUT2D eigenvalue weighted by Crippen LogP contribution is 2.26. The number of hydrogen-bond acceptors (Lipinski definition) is 2. The predicted molar refractivity (Wildman–Crippen MR) is 112 cm³/mol. The van der Waals surface area contributed by atoms with Crippen LogP contribution in [0.15, 0.2) is 54.6 Å². The van der Waals surface area contributed by atoms with Crippen molar-refractivity contribution in [2.45, 2.75) is 39.2 Å². The highest BCUT2D eigenvalue weighted by atomic mass is 16.2. The fraction of sp³-hybridized carbons (Fsp3) is 0.458. The van der Waals surface area contributed by atoms with Gasteiger partial charge >= 0.3 is 0 Å². The minimum Gasteiger partial charge on any atom is -0.337 e. The van der Waals surface area contributed by atoms with E-state index in [9.17, 15) is 4.79 Å². The molecule has 2 aromatic rings. The summed E-state index contributed by atoms with van der Waals surface area (Å²) in [5, 5.41) is 0. The van der Waals surface area contributed by atoms with Gasteiger partial charge in [-0.3, -0.25) is 4.79 Å². The van der Waals surface area contributed by atoms with Crippen molar-refractivity contribution in [2.24, 2.45) is 5.92 Å². The molecule has 0 bridgehead atoms. The number of aryl methyl sites for hydroxylation is 1. The zero-order chi connectivity index (χ0) is 19.2. The summed E-state index contributed by atoms with van der Waals surface area (Å²) in [5.74, 6) is 0.980. The van der Waals surface area contributed by atoms with Crippen molar-refractivity contribution in [1.82, 2.24) is 9.80 Å². The second-order valence-corrected chi connectivity index (χ2v) is 7.92. The second kappa shape index (κ2) is 9.18. The third-order valence-electron chi connectivity index (χ3n) is 5.90. The van der Waals surface area contributed by atoms with Crippen molar-refractivity contribution >= 4 is 5.91 Å². The Balaban J connectivity index is 1.73. The van der Waals surface area contributed by atoms with E-state index >= 15 is 0 Å². The van der Waals surface area contributed by atoms with Gasteiger partial charge in [-0.15, -0.1) is 0 Å². The van der Waals surface area contributed by atoms with Crippen LogP contribution < -0.4 is 0 Å². The Morgan fingerprint density at radius 2 is 1.85 bits per heavy atom. The molecule has 1 saturated heterocycles. The molecule has 0 N–H and O–H groups in total. The predicted octanol–water partition coefficient (Wildman–Crippen LogP) is 4.47. The number of likely N-dealkylation sites (N-methyl/N-ethyl adjacent to an activating group) is 1. The van der Waals surface area contributed by atoms with Crippen molar-refractivity contribution < 1.29 is 4.79 Å². The minimum absolute atomic E-state index is 0.0970. The smallest absolute Gasteiger partial charge is 0.227 e. The van der Waals surface area contributed by atoms with Gasteiger partial charge in [0, 0.05) is 20.1 Å². The number of carbonyl (C=O) groups excluding carboxylic acids is 1. The summed E-state index contributed by atoms with van der Waals surface area (Å²) in [7, 11) is 1.96. The maximum absolute atomic E-state index is 13.0. The number of amides is 1. The Hall–Kier alpha value is -2.13. The first-order chi connectivity index (χ1) is 13.1. The van der Waals surface area contributed by atoms with E-state index in [2.05, 4.69) is 67.3 Å². The average molecular weight is 365 g/mol. The summed E-state index contributed by atoms with van der Waals surface area (Å²) in [5.41, 5.74) is 3.52. The highest BCUT2D eigenvalue weighted by molar-refractivity contribution is 5.79. The van der Waals surface area contributed by atoms with Gasteiger partial charge in [0.1, 0.15) is 0 Å². The molecule has 2 aromatic carbocycles. The minimum atomic E-state index is 0.0970. The Kier molecular flexibility index (Phi) is 6.68. The molecule has 3 nitrogen and oxygen atoms in total. The average Bonchev–Trinajstić information content (AvgIpc) is 3.16. The fourth-order valence-corrected chi connectivity index (χ4v) is 3.96. The van der Waals surface area contributed by atoms with E-state index in [0.717, 1.165) is 31.1 Å². The van der Waals surface area contributed by atoms with Crippen LogP contribution in [0, 0.1) is 12.8 Å². The molecule has 2 atom stereocenters. The van der Waals surface area contributed by atoms with Crippen molar-refractivity contribution in [3.05, 3.63) is 71.3 Å². The summed E-state index contributed by atoms with van der Waals surface area (Å²) in [6, 6.07) is 18.8. The van der Waals surface area contributed by atoms with Crippen LogP contribution in [0.25, 0.3) is 0 Å². The van der Waals surface area contributed by atoms with E-state index in [1.54, 1.807) is 0 Å². The van der Waals surface area contributed by atoms with E-state index in [0.29, 0.717) is 6.42 Å². The maximum Gasteiger partial charge on any atom is 0.227 e. The first-order valence-electron chi connectivity index (χ1n) is 10.1. The van der Waals surface area contributed by atoms with Crippen LogP contribution in [-0.4, -0.2) is 42.4 Å². The number of nitrogens with zero attached hydrogens (tertiary/aromatic N) is 2. The summed E-state index contributed by atoms with van der Waals surface area (Å²) in [4.78, 5) is 17.5. The van der Waals surface area contributed by atoms with Gasteiger partial charge in [-0.05, 0) is 36.9 Å². The van der Waals surface area contributed by atoms with Gasteiger partial charge < -0.3 is 9.80 Å². The SMILES string of the molecule is CC[C@H]1CCN(C[C@H](c2ccccc2)N(C)C(=O)Cc2ccc(C)cc2)C1.